The summed E-state index contributed by atoms with van der Waals surface area (Å²) in [5, 5.41) is 12.1. The second kappa shape index (κ2) is 23.6. The van der Waals surface area contributed by atoms with Gasteiger partial charge in [0.15, 0.2) is 12.8 Å². The molecule has 0 saturated carbocycles. The maximum atomic E-state index is 14.0. The summed E-state index contributed by atoms with van der Waals surface area (Å²) < 4.78 is 54.1. The highest BCUT2D eigenvalue weighted by Crippen LogP contribution is 2.51. The fraction of sp³-hybridized carbons (Fsp3) is 0.423. The van der Waals surface area contributed by atoms with Gasteiger partial charge in [0.2, 0.25) is 0 Å². The van der Waals surface area contributed by atoms with Crippen LogP contribution in [0, 0.1) is 11.3 Å². The maximum Gasteiger partial charge on any atom is 0.351 e. The lowest BCUT2D eigenvalue weighted by Gasteiger charge is -2.39. The standard InChI is InChI=1S/C52H64N5O10P/c1-35(2)57(36(3)4)68(65-32-14-30-53)67-47-44(33-64-52(38-15-12-11-13-16-38,39-19-23-41(60-8)24-20-39)40-21-25-42(61-9)26-22-40)66-49(48(47)62-10)56-31-29-45(55-50(56)59)54-46(58)34-63-43-27-17-37(18-28-43)51(5,6)7/h11-13,15-29,31,35-36,44,47-49H,14,32-34H2,1-10H3,(H,54,55,58,59)/t44-,47?,48+,49-,68-/m1/s1. The Balaban J connectivity index is 1.36. The molecule has 1 aliphatic heterocycles. The van der Waals surface area contributed by atoms with Gasteiger partial charge in [-0.05, 0) is 97.8 Å². The largest absolute Gasteiger partial charge is 0.497 e. The van der Waals surface area contributed by atoms with E-state index in [1.165, 1.54) is 23.9 Å². The van der Waals surface area contributed by atoms with Crippen LogP contribution in [0.4, 0.5) is 5.82 Å². The summed E-state index contributed by atoms with van der Waals surface area (Å²) >= 11 is 0. The zero-order valence-electron chi connectivity index (χ0n) is 40.6. The summed E-state index contributed by atoms with van der Waals surface area (Å²) in [4.78, 5) is 31.3. The van der Waals surface area contributed by atoms with Crippen molar-refractivity contribution in [1.29, 1.82) is 5.26 Å². The third-order valence-corrected chi connectivity index (χ3v) is 13.7. The van der Waals surface area contributed by atoms with E-state index < -0.39 is 50.3 Å². The van der Waals surface area contributed by atoms with Crippen LogP contribution in [0.2, 0.25) is 0 Å². The van der Waals surface area contributed by atoms with Gasteiger partial charge in [-0.15, -0.1) is 0 Å². The quantitative estimate of drug-likeness (QED) is 0.0397. The van der Waals surface area contributed by atoms with Gasteiger partial charge in [-0.3, -0.25) is 9.36 Å². The minimum absolute atomic E-state index is 0.0122. The maximum absolute atomic E-state index is 14.0. The lowest BCUT2D eigenvalue weighted by atomic mass is 9.80. The van der Waals surface area contributed by atoms with Crippen molar-refractivity contribution in [1.82, 2.24) is 14.2 Å². The van der Waals surface area contributed by atoms with Crippen LogP contribution < -0.4 is 25.2 Å². The van der Waals surface area contributed by atoms with Crippen LogP contribution >= 0.6 is 8.53 Å². The van der Waals surface area contributed by atoms with Gasteiger partial charge in [0.25, 0.3) is 14.4 Å². The van der Waals surface area contributed by atoms with Gasteiger partial charge in [-0.1, -0.05) is 87.5 Å². The molecule has 4 aromatic carbocycles. The molecule has 0 bridgehead atoms. The number of rotatable bonds is 22. The third kappa shape index (κ3) is 12.3. The Kier molecular flexibility index (Phi) is 17.9. The number of ether oxygens (including phenoxy) is 6. The third-order valence-electron chi connectivity index (χ3n) is 11.5. The number of benzene rings is 4. The molecule has 362 valence electrons. The van der Waals surface area contributed by atoms with Crippen molar-refractivity contribution in [2.75, 3.05) is 46.5 Å². The molecule has 0 radical (unpaired) electrons. The number of carbonyl (C=O) groups excluding carboxylic acids is 1. The number of amides is 1. The zero-order valence-corrected chi connectivity index (χ0v) is 41.5. The highest BCUT2D eigenvalue weighted by molar-refractivity contribution is 7.44. The molecule has 1 aromatic heterocycles. The van der Waals surface area contributed by atoms with E-state index in [9.17, 15) is 14.9 Å². The molecule has 1 N–H and O–H groups in total. The van der Waals surface area contributed by atoms with E-state index in [-0.39, 0.29) is 49.6 Å². The van der Waals surface area contributed by atoms with E-state index in [2.05, 4.69) is 69.5 Å². The van der Waals surface area contributed by atoms with Crippen molar-refractivity contribution < 1.29 is 42.3 Å². The molecule has 0 spiro atoms. The Bertz CT molecular complexity index is 2420. The van der Waals surface area contributed by atoms with E-state index in [1.807, 2.05) is 103 Å². The zero-order chi connectivity index (χ0) is 49.0. The Morgan fingerprint density at radius 2 is 1.37 bits per heavy atom. The number of hydrogen-bond acceptors (Lipinski definition) is 13. The van der Waals surface area contributed by atoms with E-state index in [0.717, 1.165) is 22.3 Å². The summed E-state index contributed by atoms with van der Waals surface area (Å²) in [6.07, 6.45) is -2.09. The van der Waals surface area contributed by atoms with Crippen LogP contribution in [0.25, 0.3) is 0 Å². The van der Waals surface area contributed by atoms with Gasteiger partial charge >= 0.3 is 5.69 Å². The summed E-state index contributed by atoms with van der Waals surface area (Å²) in [6, 6.07) is 36.5. The molecule has 68 heavy (non-hydrogen) atoms. The fourth-order valence-electron chi connectivity index (χ4n) is 8.18. The first kappa shape index (κ1) is 51.7. The van der Waals surface area contributed by atoms with Gasteiger partial charge in [-0.25, -0.2) is 9.46 Å². The smallest absolute Gasteiger partial charge is 0.351 e. The van der Waals surface area contributed by atoms with E-state index in [0.29, 0.717) is 17.2 Å². The fourth-order valence-corrected chi connectivity index (χ4v) is 9.95. The molecule has 0 aliphatic carbocycles. The SMILES string of the molecule is COc1ccc(C(OC[C@H]2O[C@@H](n3ccc(NC(=O)COc4ccc(C(C)(C)C)cc4)nc3=O)[C@@H](OC)C2O[P@@](OCCC#N)N(C(C)C)C(C)C)(c2ccccc2)c2ccc(OC)cc2)cc1. The predicted molar refractivity (Wildman–Crippen MR) is 261 cm³/mol. The molecule has 5 atom stereocenters. The lowest BCUT2D eigenvalue weighted by Crippen LogP contribution is -2.43. The number of carbonyl (C=O) groups is 1. The number of hydrogen-bond donors (Lipinski definition) is 1. The number of nitriles is 1. The molecular formula is C52H64N5O10P. The first-order chi connectivity index (χ1) is 32.6. The summed E-state index contributed by atoms with van der Waals surface area (Å²) in [5.41, 5.74) is 1.63. The van der Waals surface area contributed by atoms with Gasteiger partial charge < -0.3 is 42.8 Å². The van der Waals surface area contributed by atoms with Gasteiger partial charge in [-0.2, -0.15) is 10.2 Å². The van der Waals surface area contributed by atoms with E-state index in [4.69, 9.17) is 37.5 Å². The second-order valence-electron chi connectivity index (χ2n) is 17.8. The van der Waals surface area contributed by atoms with Crippen LogP contribution in [0.15, 0.2) is 120 Å². The predicted octanol–water partition coefficient (Wildman–Crippen LogP) is 9.16. The van der Waals surface area contributed by atoms with Crippen molar-refractivity contribution >= 4 is 20.3 Å². The first-order valence-electron chi connectivity index (χ1n) is 22.7. The first-order valence-corrected chi connectivity index (χ1v) is 23.8. The molecule has 1 amide bonds. The molecule has 15 nitrogen and oxygen atoms in total. The number of aromatic nitrogens is 2. The average molecular weight is 950 g/mol. The van der Waals surface area contributed by atoms with Gasteiger partial charge in [0.1, 0.15) is 47.0 Å². The average Bonchev–Trinajstić information content (AvgIpc) is 3.67. The van der Waals surface area contributed by atoms with E-state index >= 15 is 0 Å². The Morgan fingerprint density at radius 3 is 1.88 bits per heavy atom. The molecule has 1 unspecified atom stereocenters. The van der Waals surface area contributed by atoms with Crippen LogP contribution in [0.1, 0.15) is 83.4 Å². The van der Waals surface area contributed by atoms with Gasteiger partial charge in [0.05, 0.1) is 39.9 Å². The highest BCUT2D eigenvalue weighted by atomic mass is 31.2. The van der Waals surface area contributed by atoms with Crippen LogP contribution in [-0.4, -0.2) is 91.7 Å². The van der Waals surface area contributed by atoms with Crippen LogP contribution in [0.3, 0.4) is 0 Å². The van der Waals surface area contributed by atoms with Gasteiger partial charge in [0, 0.05) is 25.4 Å². The molecule has 1 fully saturated rings. The molecule has 1 saturated heterocycles. The number of nitrogens with one attached hydrogen (secondary N) is 1. The number of anilines is 1. The van der Waals surface area contributed by atoms with Crippen molar-refractivity contribution in [3.05, 3.63) is 148 Å². The lowest BCUT2D eigenvalue weighted by molar-refractivity contribution is -0.118. The molecule has 5 aromatic rings. The summed E-state index contributed by atoms with van der Waals surface area (Å²) in [5.74, 6) is 1.43. The van der Waals surface area contributed by atoms with E-state index in [1.54, 1.807) is 14.2 Å². The van der Waals surface area contributed by atoms with Crippen LogP contribution in [-0.2, 0) is 39.1 Å². The van der Waals surface area contributed by atoms with Crippen molar-refractivity contribution in [2.24, 2.45) is 0 Å². The van der Waals surface area contributed by atoms with Crippen molar-refractivity contribution in [3.8, 4) is 23.3 Å². The second-order valence-corrected chi connectivity index (χ2v) is 19.2. The highest BCUT2D eigenvalue weighted by Gasteiger charge is 2.51. The number of nitrogens with zero attached hydrogens (tertiary/aromatic N) is 4. The van der Waals surface area contributed by atoms with Crippen molar-refractivity contribution in [2.45, 2.75) is 103 Å². The molecule has 16 heteroatoms. The topological polar surface area (TPSA) is 165 Å². The minimum Gasteiger partial charge on any atom is -0.497 e. The Hall–Kier alpha value is -5.69. The monoisotopic (exact) mass is 949 g/mol. The number of methoxy groups -OCH3 is 3. The summed E-state index contributed by atoms with van der Waals surface area (Å²) in [7, 11) is 2.93. The normalized spacial score (nSPS) is 17.8. The Labute approximate surface area is 401 Å². The molecular weight excluding hydrogens is 886 g/mol. The molecule has 1 aliphatic rings. The summed E-state index contributed by atoms with van der Waals surface area (Å²) in [6.45, 7) is 14.3. The Morgan fingerprint density at radius 1 is 0.809 bits per heavy atom. The minimum atomic E-state index is -1.83. The molecule has 6 rings (SSSR count). The van der Waals surface area contributed by atoms with Crippen LogP contribution in [0.5, 0.6) is 17.2 Å². The van der Waals surface area contributed by atoms with Crippen molar-refractivity contribution in [3.63, 3.8) is 0 Å². The molecule has 2 heterocycles.